The maximum atomic E-state index is 15.4. The summed E-state index contributed by atoms with van der Waals surface area (Å²) in [6.07, 6.45) is 3.55. The lowest BCUT2D eigenvalue weighted by Gasteiger charge is -2.52. The first-order valence-corrected chi connectivity index (χ1v) is 11.5. The van der Waals surface area contributed by atoms with Gasteiger partial charge in [-0.05, 0) is 56.1 Å². The topological polar surface area (TPSA) is 72.7 Å². The van der Waals surface area contributed by atoms with Crippen LogP contribution >= 0.6 is 31.9 Å². The van der Waals surface area contributed by atoms with E-state index in [1.165, 1.54) is 29.5 Å². The van der Waals surface area contributed by atoms with Crippen molar-refractivity contribution in [2.45, 2.75) is 35.3 Å². The molecular formula is C20H8Br2F11N5O. The minimum absolute atomic E-state index is 0.0517. The van der Waals surface area contributed by atoms with Crippen LogP contribution in [0.15, 0.2) is 52.1 Å². The number of halogens is 13. The van der Waals surface area contributed by atoms with Crippen molar-refractivity contribution in [2.75, 3.05) is 5.32 Å². The Morgan fingerprint density at radius 2 is 1.31 bits per heavy atom. The molecule has 6 nitrogen and oxygen atoms in total. The number of aromatic nitrogens is 4. The van der Waals surface area contributed by atoms with Gasteiger partial charge in [0.25, 0.3) is 11.6 Å². The Hall–Kier alpha value is -2.83. The van der Waals surface area contributed by atoms with E-state index in [1.54, 1.807) is 0 Å². The van der Waals surface area contributed by atoms with Gasteiger partial charge >= 0.3 is 29.6 Å². The molecular weight excluding hydrogens is 695 g/mol. The van der Waals surface area contributed by atoms with Crippen molar-refractivity contribution in [3.05, 3.63) is 63.2 Å². The molecule has 1 aliphatic carbocycles. The Bertz CT molecular complexity index is 1380. The van der Waals surface area contributed by atoms with Crippen molar-refractivity contribution in [3.8, 4) is 5.82 Å². The average Bonchev–Trinajstić information content (AvgIpc) is 3.39. The second-order valence-corrected chi connectivity index (χ2v) is 9.75. The number of anilines is 1. The molecule has 0 atom stereocenters. The largest absolute Gasteiger partial charge is 0.384 e. The molecule has 0 radical (unpaired) electrons. The highest BCUT2D eigenvalue weighted by Gasteiger charge is 3.01. The zero-order valence-corrected chi connectivity index (χ0v) is 21.3. The van der Waals surface area contributed by atoms with E-state index in [2.05, 4.69) is 52.2 Å². The molecule has 0 bridgehead atoms. The van der Waals surface area contributed by atoms with Crippen LogP contribution in [0.5, 0.6) is 0 Å². The predicted molar refractivity (Wildman–Crippen MR) is 116 cm³/mol. The third-order valence-electron chi connectivity index (χ3n) is 5.78. The number of carbonyl (C=O) groups excluding carboxylic acids is 1. The summed E-state index contributed by atoms with van der Waals surface area (Å²) in [6, 6.07) is 2.46. The number of hydrogen-bond acceptors (Lipinski definition) is 4. The number of amides is 1. The molecule has 0 unspecified atom stereocenters. The Balaban J connectivity index is 1.74. The molecule has 39 heavy (non-hydrogen) atoms. The number of benzene rings is 1. The normalized spacial score (nSPS) is 21.8. The molecule has 1 amide bonds. The van der Waals surface area contributed by atoms with Crippen molar-refractivity contribution >= 4 is 43.5 Å². The third kappa shape index (κ3) is 3.71. The van der Waals surface area contributed by atoms with Crippen LogP contribution in [0.4, 0.5) is 54.0 Å². The Labute approximate surface area is 225 Å². The fourth-order valence-corrected chi connectivity index (χ4v) is 5.03. The van der Waals surface area contributed by atoms with E-state index in [1.807, 2.05) is 0 Å². The van der Waals surface area contributed by atoms with E-state index in [0.29, 0.717) is 0 Å². The lowest BCUT2D eigenvalue weighted by Crippen LogP contribution is -2.82. The number of alkyl halides is 11. The molecule has 3 aromatic rings. The van der Waals surface area contributed by atoms with Crippen LogP contribution in [0.25, 0.3) is 5.82 Å². The summed E-state index contributed by atoms with van der Waals surface area (Å²) in [7, 11) is 0. The Kier molecular flexibility index (Phi) is 6.61. The maximum absolute atomic E-state index is 15.4. The van der Waals surface area contributed by atoms with Gasteiger partial charge in [0.15, 0.2) is 5.82 Å². The third-order valence-corrected chi connectivity index (χ3v) is 7.04. The lowest BCUT2D eigenvalue weighted by molar-refractivity contribution is -0.489. The summed E-state index contributed by atoms with van der Waals surface area (Å²) in [5, 5.41) is 5.97. The van der Waals surface area contributed by atoms with Crippen molar-refractivity contribution in [3.63, 3.8) is 0 Å². The van der Waals surface area contributed by atoms with Crippen LogP contribution in [-0.2, 0) is 5.67 Å². The molecule has 4 rings (SSSR count). The number of rotatable bonds is 4. The van der Waals surface area contributed by atoms with Gasteiger partial charge < -0.3 is 5.32 Å². The number of carbonyl (C=O) groups is 1. The SMILES string of the molecule is O=C(Nc1c(Br)cc(C2(F)C(F)(F)C(F)(F)C(F)(F)C(F)(F)C2(F)F)cc1Br)c1ccc(-n2cncn2)nc1. The first-order chi connectivity index (χ1) is 17.8. The van der Waals surface area contributed by atoms with Gasteiger partial charge in [0.1, 0.15) is 12.7 Å². The van der Waals surface area contributed by atoms with Crippen LogP contribution in [0.2, 0.25) is 0 Å². The van der Waals surface area contributed by atoms with E-state index in [4.69, 9.17) is 0 Å². The van der Waals surface area contributed by atoms with Crippen molar-refractivity contribution in [1.82, 2.24) is 19.7 Å². The number of nitrogens with one attached hydrogen (secondary N) is 1. The predicted octanol–water partition coefficient (Wildman–Crippen LogP) is 6.79. The zero-order chi connectivity index (χ0) is 29.4. The van der Waals surface area contributed by atoms with Gasteiger partial charge in [-0.25, -0.2) is 19.0 Å². The second kappa shape index (κ2) is 8.84. The minimum atomic E-state index is -7.33. The lowest BCUT2D eigenvalue weighted by atomic mass is 9.69. The van der Waals surface area contributed by atoms with E-state index < -0.39 is 61.4 Å². The number of hydrogen-bond donors (Lipinski definition) is 1. The van der Waals surface area contributed by atoms with Crippen molar-refractivity contribution < 1.29 is 53.1 Å². The van der Waals surface area contributed by atoms with Crippen LogP contribution in [0.1, 0.15) is 15.9 Å². The van der Waals surface area contributed by atoms with E-state index in [0.717, 1.165) is 6.20 Å². The molecule has 19 heteroatoms. The van der Waals surface area contributed by atoms with Crippen molar-refractivity contribution in [1.29, 1.82) is 0 Å². The van der Waals surface area contributed by atoms with E-state index in [9.17, 15) is 48.7 Å². The molecule has 0 spiro atoms. The fraction of sp³-hybridized carbons (Fsp3) is 0.300. The zero-order valence-electron chi connectivity index (χ0n) is 18.2. The molecule has 1 N–H and O–H groups in total. The maximum Gasteiger partial charge on any atom is 0.384 e. The summed E-state index contributed by atoms with van der Waals surface area (Å²) < 4.78 is 156. The van der Waals surface area contributed by atoms with Gasteiger partial charge in [-0.1, -0.05) is 0 Å². The highest BCUT2D eigenvalue weighted by Crippen LogP contribution is 2.72. The van der Waals surface area contributed by atoms with Crippen LogP contribution in [0.3, 0.4) is 0 Å². The summed E-state index contributed by atoms with van der Waals surface area (Å²) in [5.74, 6) is -36.7. The Morgan fingerprint density at radius 3 is 1.74 bits per heavy atom. The van der Waals surface area contributed by atoms with Gasteiger partial charge in [-0.2, -0.15) is 49.0 Å². The quantitative estimate of drug-likeness (QED) is 0.304. The van der Waals surface area contributed by atoms with Gasteiger partial charge in [0, 0.05) is 20.7 Å². The fourth-order valence-electron chi connectivity index (χ4n) is 3.64. The molecule has 1 saturated carbocycles. The summed E-state index contributed by atoms with van der Waals surface area (Å²) in [4.78, 5) is 20.2. The molecule has 2 heterocycles. The standard InChI is InChI=1S/C20H8Br2F11N5O/c21-10-3-9(15(23)16(24,25)18(28,29)20(32,33)19(30,31)17(15,26)27)4-11(22)13(10)37-14(39)8-1-2-12(35-5-8)38-7-34-6-36-38/h1-7H,(H,37,39). The first kappa shape index (κ1) is 29.2. The molecule has 1 aliphatic rings. The summed E-state index contributed by atoms with van der Waals surface area (Å²) in [5.41, 5.74) is -9.19. The molecule has 0 saturated heterocycles. The van der Waals surface area contributed by atoms with E-state index >= 15 is 4.39 Å². The molecule has 210 valence electrons. The van der Waals surface area contributed by atoms with Crippen LogP contribution in [-0.4, -0.2) is 55.3 Å². The van der Waals surface area contributed by atoms with Gasteiger partial charge in [0.05, 0.1) is 11.3 Å². The first-order valence-electron chi connectivity index (χ1n) is 9.95. The summed E-state index contributed by atoms with van der Waals surface area (Å²) >= 11 is 5.25. The highest BCUT2D eigenvalue weighted by molar-refractivity contribution is 9.11. The van der Waals surface area contributed by atoms with Gasteiger partial charge in [-0.15, -0.1) is 0 Å². The van der Waals surface area contributed by atoms with Gasteiger partial charge in [-0.3, -0.25) is 4.79 Å². The van der Waals surface area contributed by atoms with Crippen LogP contribution < -0.4 is 5.32 Å². The average molecular weight is 703 g/mol. The van der Waals surface area contributed by atoms with Crippen LogP contribution in [0, 0.1) is 0 Å². The number of pyridine rings is 1. The molecule has 0 aliphatic heterocycles. The summed E-state index contributed by atoms with van der Waals surface area (Å²) in [6.45, 7) is 0. The second-order valence-electron chi connectivity index (χ2n) is 8.04. The molecule has 1 aromatic carbocycles. The van der Waals surface area contributed by atoms with Gasteiger partial charge in [0.2, 0.25) is 0 Å². The molecule has 1 fully saturated rings. The molecule has 2 aromatic heterocycles. The highest BCUT2D eigenvalue weighted by atomic mass is 79.9. The Morgan fingerprint density at radius 1 is 0.795 bits per heavy atom. The van der Waals surface area contributed by atoms with E-state index in [-0.39, 0.29) is 23.5 Å². The monoisotopic (exact) mass is 701 g/mol. The minimum Gasteiger partial charge on any atom is -0.320 e. The van der Waals surface area contributed by atoms with Crippen molar-refractivity contribution in [2.24, 2.45) is 0 Å². The number of nitrogens with zero attached hydrogens (tertiary/aromatic N) is 4. The smallest absolute Gasteiger partial charge is 0.320 e.